The first-order chi connectivity index (χ1) is 14.6. The number of benzene rings is 2. The number of carbonyl (C=O) groups excluding carboxylic acids is 1. The number of piperidine rings is 1. The second-order valence-corrected chi connectivity index (χ2v) is 7.82. The summed E-state index contributed by atoms with van der Waals surface area (Å²) in [5.74, 6) is -0.302. The Labute approximate surface area is 174 Å². The third-order valence-electron chi connectivity index (χ3n) is 5.98. The van der Waals surface area contributed by atoms with E-state index in [4.69, 9.17) is 0 Å². The van der Waals surface area contributed by atoms with Gasteiger partial charge in [0, 0.05) is 31.1 Å². The maximum atomic E-state index is 13.0. The summed E-state index contributed by atoms with van der Waals surface area (Å²) in [4.78, 5) is 27.3. The van der Waals surface area contributed by atoms with Gasteiger partial charge in [0.15, 0.2) is 5.78 Å². The minimum absolute atomic E-state index is 0.0354. The zero-order valence-corrected chi connectivity index (χ0v) is 16.8. The summed E-state index contributed by atoms with van der Waals surface area (Å²) in [5, 5.41) is 9.60. The Morgan fingerprint density at radius 3 is 2.37 bits per heavy atom. The lowest BCUT2D eigenvalue weighted by Gasteiger charge is -2.32. The highest BCUT2D eigenvalue weighted by Crippen LogP contribution is 2.26. The molecule has 1 aliphatic heterocycles. The molecule has 30 heavy (non-hydrogen) atoms. The van der Waals surface area contributed by atoms with Crippen LogP contribution in [-0.2, 0) is 6.73 Å². The number of nitrogens with zero attached hydrogens (tertiary/aromatic N) is 3. The highest BCUT2D eigenvalue weighted by atomic mass is 19.1. The van der Waals surface area contributed by atoms with Crippen molar-refractivity contribution >= 4 is 16.8 Å². The van der Waals surface area contributed by atoms with Gasteiger partial charge in [0.05, 0.1) is 11.0 Å². The number of fused-ring (bicyclic) bond motifs is 1. The molecule has 7 heteroatoms. The van der Waals surface area contributed by atoms with E-state index in [1.165, 1.54) is 28.8 Å². The lowest BCUT2D eigenvalue weighted by Crippen LogP contribution is -2.38. The van der Waals surface area contributed by atoms with E-state index in [-0.39, 0.29) is 30.1 Å². The molecule has 1 aromatic heterocycles. The Hall–Kier alpha value is -2.77. The van der Waals surface area contributed by atoms with Crippen molar-refractivity contribution < 1.29 is 14.3 Å². The van der Waals surface area contributed by atoms with E-state index in [2.05, 4.69) is 4.90 Å². The van der Waals surface area contributed by atoms with Gasteiger partial charge in [-0.05, 0) is 62.2 Å². The zero-order chi connectivity index (χ0) is 21.1. The molecule has 0 aliphatic carbocycles. The van der Waals surface area contributed by atoms with Gasteiger partial charge >= 0.3 is 5.69 Å². The molecule has 2 aromatic carbocycles. The number of Topliss-reactive ketones (excluding diaryl/α,β-unsaturated/α-hetero) is 1. The van der Waals surface area contributed by atoms with Crippen molar-refractivity contribution in [2.75, 3.05) is 19.6 Å². The minimum Gasteiger partial charge on any atom is -0.376 e. The van der Waals surface area contributed by atoms with Gasteiger partial charge in [-0.2, -0.15) is 0 Å². The van der Waals surface area contributed by atoms with E-state index in [0.717, 1.165) is 49.9 Å². The molecule has 1 N–H and O–H groups in total. The molecule has 0 atom stereocenters. The number of aromatic nitrogens is 2. The fraction of sp³-hybridized carbons (Fsp3) is 0.391. The van der Waals surface area contributed by atoms with Gasteiger partial charge in [-0.1, -0.05) is 12.1 Å². The third kappa shape index (κ3) is 4.08. The van der Waals surface area contributed by atoms with Crippen molar-refractivity contribution in [2.24, 2.45) is 0 Å². The van der Waals surface area contributed by atoms with Crippen LogP contribution in [-0.4, -0.2) is 44.6 Å². The van der Waals surface area contributed by atoms with E-state index >= 15 is 0 Å². The van der Waals surface area contributed by atoms with Gasteiger partial charge < -0.3 is 10.0 Å². The van der Waals surface area contributed by atoms with E-state index in [9.17, 15) is 19.1 Å². The predicted molar refractivity (Wildman–Crippen MR) is 113 cm³/mol. The monoisotopic (exact) mass is 411 g/mol. The number of likely N-dealkylation sites (tertiary alicyclic amines) is 1. The molecule has 0 amide bonds. The van der Waals surface area contributed by atoms with Crippen molar-refractivity contribution in [3.63, 3.8) is 0 Å². The number of aliphatic hydroxyl groups excluding tert-OH is 1. The molecule has 0 spiro atoms. The van der Waals surface area contributed by atoms with Crippen molar-refractivity contribution in [1.82, 2.24) is 14.0 Å². The van der Waals surface area contributed by atoms with Crippen LogP contribution in [0.4, 0.5) is 4.39 Å². The second kappa shape index (κ2) is 8.93. The molecule has 3 aromatic rings. The largest absolute Gasteiger partial charge is 0.376 e. The molecule has 0 bridgehead atoms. The van der Waals surface area contributed by atoms with E-state index in [0.29, 0.717) is 12.0 Å². The molecular weight excluding hydrogens is 385 g/mol. The van der Waals surface area contributed by atoms with Crippen LogP contribution in [0.1, 0.15) is 42.1 Å². The van der Waals surface area contributed by atoms with Gasteiger partial charge in [-0.15, -0.1) is 0 Å². The van der Waals surface area contributed by atoms with Crippen molar-refractivity contribution in [2.45, 2.75) is 38.5 Å². The molecule has 158 valence electrons. The summed E-state index contributed by atoms with van der Waals surface area (Å²) >= 11 is 0. The molecule has 2 heterocycles. The maximum absolute atomic E-state index is 13.0. The van der Waals surface area contributed by atoms with Crippen LogP contribution in [0, 0.1) is 5.82 Å². The van der Waals surface area contributed by atoms with Gasteiger partial charge in [-0.25, -0.2) is 9.18 Å². The summed E-state index contributed by atoms with van der Waals surface area (Å²) in [6.07, 6.45) is 2.90. The number of rotatable bonds is 7. The first-order valence-electron chi connectivity index (χ1n) is 10.4. The average Bonchev–Trinajstić information content (AvgIpc) is 3.05. The zero-order valence-electron chi connectivity index (χ0n) is 16.8. The number of hydrogen-bond donors (Lipinski definition) is 1. The van der Waals surface area contributed by atoms with Crippen LogP contribution >= 0.6 is 0 Å². The number of carbonyl (C=O) groups is 1. The topological polar surface area (TPSA) is 67.5 Å². The standard InChI is InChI=1S/C23H26FN3O3/c24-18-9-7-17(8-10-18)22(29)6-3-13-25-14-11-19(12-15-25)27-21-5-2-1-4-20(21)26(16-28)23(27)30/h1-2,4-5,7-10,19,28H,3,6,11-16H2. The number of imidazole rings is 1. The molecule has 1 saturated heterocycles. The first kappa shape index (κ1) is 20.5. The van der Waals surface area contributed by atoms with Crippen LogP contribution in [0.5, 0.6) is 0 Å². The summed E-state index contributed by atoms with van der Waals surface area (Å²) in [6.45, 7) is 2.22. The van der Waals surface area contributed by atoms with Crippen LogP contribution in [0.2, 0.25) is 0 Å². The van der Waals surface area contributed by atoms with Crippen LogP contribution in [0.15, 0.2) is 53.3 Å². The quantitative estimate of drug-likeness (QED) is 0.607. The van der Waals surface area contributed by atoms with Gasteiger partial charge in [-0.3, -0.25) is 13.9 Å². The van der Waals surface area contributed by atoms with Crippen molar-refractivity contribution in [3.8, 4) is 0 Å². The summed E-state index contributed by atoms with van der Waals surface area (Å²) < 4.78 is 16.2. The highest BCUT2D eigenvalue weighted by molar-refractivity contribution is 5.95. The average molecular weight is 411 g/mol. The molecule has 6 nitrogen and oxygen atoms in total. The Kier molecular flexibility index (Phi) is 6.11. The Bertz CT molecular complexity index is 1080. The van der Waals surface area contributed by atoms with Crippen LogP contribution in [0.3, 0.4) is 0 Å². The fourth-order valence-corrected chi connectivity index (χ4v) is 4.37. The van der Waals surface area contributed by atoms with Gasteiger partial charge in [0.2, 0.25) is 0 Å². The summed E-state index contributed by atoms with van der Waals surface area (Å²) in [5.41, 5.74) is 2.00. The predicted octanol–water partition coefficient (Wildman–Crippen LogP) is 3.19. The highest BCUT2D eigenvalue weighted by Gasteiger charge is 2.25. The number of hydrogen-bond acceptors (Lipinski definition) is 4. The number of halogens is 1. The molecule has 4 rings (SSSR count). The summed E-state index contributed by atoms with van der Waals surface area (Å²) in [6, 6.07) is 13.4. The van der Waals surface area contributed by atoms with Gasteiger partial charge in [0.25, 0.3) is 0 Å². The molecule has 0 unspecified atom stereocenters. The molecule has 0 radical (unpaired) electrons. The van der Waals surface area contributed by atoms with E-state index < -0.39 is 0 Å². The number of aliphatic hydroxyl groups is 1. The third-order valence-corrected chi connectivity index (χ3v) is 5.98. The van der Waals surface area contributed by atoms with Gasteiger partial charge in [0.1, 0.15) is 12.5 Å². The lowest BCUT2D eigenvalue weighted by molar-refractivity contribution is 0.0970. The maximum Gasteiger partial charge on any atom is 0.331 e. The van der Waals surface area contributed by atoms with Crippen molar-refractivity contribution in [3.05, 3.63) is 70.4 Å². The normalized spacial score (nSPS) is 15.7. The fourth-order valence-electron chi connectivity index (χ4n) is 4.37. The number of para-hydroxylation sites is 2. The minimum atomic E-state index is -0.337. The van der Waals surface area contributed by atoms with Crippen LogP contribution < -0.4 is 5.69 Å². The SMILES string of the molecule is O=C(CCCN1CCC(n2c(=O)n(CO)c3ccccc32)CC1)c1ccc(F)cc1. The molecular formula is C23H26FN3O3. The second-order valence-electron chi connectivity index (χ2n) is 7.82. The van der Waals surface area contributed by atoms with E-state index in [1.54, 1.807) is 0 Å². The van der Waals surface area contributed by atoms with Crippen LogP contribution in [0.25, 0.3) is 11.0 Å². The first-order valence-corrected chi connectivity index (χ1v) is 10.4. The van der Waals surface area contributed by atoms with Crippen molar-refractivity contribution in [1.29, 1.82) is 0 Å². The summed E-state index contributed by atoms with van der Waals surface area (Å²) in [7, 11) is 0. The smallest absolute Gasteiger partial charge is 0.331 e. The molecule has 0 saturated carbocycles. The molecule has 1 aliphatic rings. The Morgan fingerprint density at radius 1 is 1.03 bits per heavy atom. The van der Waals surface area contributed by atoms with E-state index in [1.807, 2.05) is 28.8 Å². The Morgan fingerprint density at radius 2 is 1.70 bits per heavy atom. The Balaban J connectivity index is 1.33. The lowest BCUT2D eigenvalue weighted by atomic mass is 10.0. The number of ketones is 1. The molecule has 1 fully saturated rings.